The van der Waals surface area contributed by atoms with Crippen LogP contribution in [-0.4, -0.2) is 23.3 Å². The molecule has 2 amide bonds. The van der Waals surface area contributed by atoms with Gasteiger partial charge in [0.1, 0.15) is 6.54 Å². The van der Waals surface area contributed by atoms with E-state index in [0.717, 1.165) is 33.5 Å². The molecule has 146 valence electrons. The summed E-state index contributed by atoms with van der Waals surface area (Å²) in [4.78, 5) is 27.9. The van der Waals surface area contributed by atoms with E-state index in [1.54, 1.807) is 4.90 Å². The van der Waals surface area contributed by atoms with Crippen LogP contribution in [-0.2, 0) is 4.79 Å². The van der Waals surface area contributed by atoms with Crippen LogP contribution in [0.2, 0.25) is 0 Å². The van der Waals surface area contributed by atoms with Crippen molar-refractivity contribution in [2.75, 3.05) is 11.9 Å². The molecule has 1 atom stereocenters. The van der Waals surface area contributed by atoms with Crippen LogP contribution in [0.1, 0.15) is 44.2 Å². The molecular formula is C25H24N2O2. The van der Waals surface area contributed by atoms with Gasteiger partial charge in [0.25, 0.3) is 5.91 Å². The maximum atomic E-state index is 13.6. The number of hydrogen-bond acceptors (Lipinski definition) is 2. The van der Waals surface area contributed by atoms with Crippen LogP contribution in [0.3, 0.4) is 0 Å². The van der Waals surface area contributed by atoms with Gasteiger partial charge in [-0.15, -0.1) is 0 Å². The first-order chi connectivity index (χ1) is 13.9. The molecule has 0 fully saturated rings. The number of hydrogen-bond donors (Lipinski definition) is 1. The van der Waals surface area contributed by atoms with Crippen molar-refractivity contribution in [2.45, 2.75) is 26.8 Å². The minimum absolute atomic E-state index is 0.000946. The number of benzene rings is 3. The molecule has 1 aliphatic heterocycles. The minimum atomic E-state index is -0.348. The molecule has 3 aromatic rings. The summed E-state index contributed by atoms with van der Waals surface area (Å²) in [6, 6.07) is 21.2. The zero-order valence-corrected chi connectivity index (χ0v) is 16.9. The van der Waals surface area contributed by atoms with E-state index in [1.807, 2.05) is 81.4 Å². The highest BCUT2D eigenvalue weighted by Crippen LogP contribution is 2.37. The van der Waals surface area contributed by atoms with E-state index < -0.39 is 0 Å². The van der Waals surface area contributed by atoms with Crippen molar-refractivity contribution in [1.29, 1.82) is 0 Å². The van der Waals surface area contributed by atoms with Gasteiger partial charge in [-0.3, -0.25) is 9.59 Å². The van der Waals surface area contributed by atoms with Crippen molar-refractivity contribution in [3.8, 4) is 0 Å². The summed E-state index contributed by atoms with van der Waals surface area (Å²) in [5, 5.41) is 2.97. The zero-order valence-electron chi connectivity index (χ0n) is 16.9. The predicted molar refractivity (Wildman–Crippen MR) is 115 cm³/mol. The second-order valence-corrected chi connectivity index (χ2v) is 7.68. The Hall–Kier alpha value is -3.40. The third kappa shape index (κ3) is 3.66. The van der Waals surface area contributed by atoms with Crippen molar-refractivity contribution in [1.82, 2.24) is 4.90 Å². The van der Waals surface area contributed by atoms with Crippen molar-refractivity contribution < 1.29 is 9.59 Å². The van der Waals surface area contributed by atoms with E-state index in [9.17, 15) is 9.59 Å². The highest BCUT2D eigenvalue weighted by Gasteiger charge is 2.34. The van der Waals surface area contributed by atoms with Gasteiger partial charge >= 0.3 is 0 Å². The fourth-order valence-electron chi connectivity index (χ4n) is 3.85. The van der Waals surface area contributed by atoms with E-state index >= 15 is 0 Å². The molecule has 3 aromatic carbocycles. The minimum Gasteiger partial charge on any atom is -0.324 e. The number of anilines is 1. The molecule has 1 N–H and O–H groups in total. The fraction of sp³-hybridized carbons (Fsp3) is 0.200. The quantitative estimate of drug-likeness (QED) is 0.690. The summed E-state index contributed by atoms with van der Waals surface area (Å²) in [6.07, 6.45) is 0. The van der Waals surface area contributed by atoms with Gasteiger partial charge in [0.15, 0.2) is 0 Å². The molecule has 1 aliphatic rings. The molecule has 0 aromatic heterocycles. The highest BCUT2D eigenvalue weighted by atomic mass is 16.2. The number of fused-ring (bicyclic) bond motifs is 1. The van der Waals surface area contributed by atoms with Gasteiger partial charge in [0.2, 0.25) is 5.91 Å². The summed E-state index contributed by atoms with van der Waals surface area (Å²) < 4.78 is 0. The Morgan fingerprint density at radius 2 is 1.69 bits per heavy atom. The molecule has 29 heavy (non-hydrogen) atoms. The van der Waals surface area contributed by atoms with Gasteiger partial charge in [-0.05, 0) is 55.7 Å². The molecule has 4 nitrogen and oxygen atoms in total. The Balaban J connectivity index is 1.88. The summed E-state index contributed by atoms with van der Waals surface area (Å²) >= 11 is 0. The lowest BCUT2D eigenvalue weighted by atomic mass is 9.94. The van der Waals surface area contributed by atoms with Gasteiger partial charge in [-0.1, -0.05) is 54.1 Å². The number of rotatable bonds is 2. The van der Waals surface area contributed by atoms with Crippen LogP contribution in [0, 0.1) is 20.8 Å². The Morgan fingerprint density at radius 3 is 2.41 bits per heavy atom. The fourth-order valence-corrected chi connectivity index (χ4v) is 3.85. The average Bonchev–Trinajstić information content (AvgIpc) is 2.85. The normalized spacial score (nSPS) is 16.0. The molecule has 0 saturated carbocycles. The molecule has 0 bridgehead atoms. The van der Waals surface area contributed by atoms with Crippen molar-refractivity contribution in [3.05, 3.63) is 100 Å². The Labute approximate surface area is 171 Å². The molecule has 1 heterocycles. The first-order valence-electron chi connectivity index (χ1n) is 9.77. The molecule has 0 spiro atoms. The lowest BCUT2D eigenvalue weighted by Gasteiger charge is -2.31. The van der Waals surface area contributed by atoms with Gasteiger partial charge in [-0.25, -0.2) is 0 Å². The number of aryl methyl sites for hydroxylation is 3. The van der Waals surface area contributed by atoms with Gasteiger partial charge in [-0.2, -0.15) is 0 Å². The average molecular weight is 384 g/mol. The maximum Gasteiger partial charge on any atom is 0.255 e. The van der Waals surface area contributed by atoms with Gasteiger partial charge in [0, 0.05) is 16.8 Å². The number of nitrogens with zero attached hydrogens (tertiary/aromatic N) is 1. The third-order valence-corrected chi connectivity index (χ3v) is 5.53. The second kappa shape index (κ2) is 7.55. The Kier molecular flexibility index (Phi) is 4.93. The Morgan fingerprint density at radius 1 is 0.931 bits per heavy atom. The van der Waals surface area contributed by atoms with Crippen LogP contribution in [0.4, 0.5) is 5.69 Å². The Bertz CT molecular complexity index is 1090. The lowest BCUT2D eigenvalue weighted by Crippen LogP contribution is -2.39. The largest absolute Gasteiger partial charge is 0.324 e. The molecular weight excluding hydrogens is 360 g/mol. The van der Waals surface area contributed by atoms with Crippen LogP contribution in [0.25, 0.3) is 0 Å². The first kappa shape index (κ1) is 18.9. The standard InChI is InChI=1S/C25H24N2O2/c1-16-9-12-22-21(13-16)24(19-7-5-4-6-8-19)27(15-23(28)26-22)25(29)20-11-10-17(2)18(3)14-20/h4-14,24H,15H2,1-3H3,(H,26,28). The molecule has 1 unspecified atom stereocenters. The SMILES string of the molecule is Cc1ccc2c(c1)C(c1ccccc1)N(C(=O)c1ccc(C)c(C)c1)CC(=O)N2. The number of amides is 2. The molecule has 0 saturated heterocycles. The molecule has 4 heteroatoms. The third-order valence-electron chi connectivity index (χ3n) is 5.53. The van der Waals surface area contributed by atoms with Crippen molar-refractivity contribution in [3.63, 3.8) is 0 Å². The summed E-state index contributed by atoms with van der Waals surface area (Å²) in [5.74, 6) is -0.336. The van der Waals surface area contributed by atoms with Crippen LogP contribution in [0.15, 0.2) is 66.7 Å². The first-order valence-corrected chi connectivity index (χ1v) is 9.77. The second-order valence-electron chi connectivity index (χ2n) is 7.68. The molecule has 0 radical (unpaired) electrons. The van der Waals surface area contributed by atoms with Gasteiger partial charge < -0.3 is 10.2 Å². The molecule has 4 rings (SSSR count). The number of carbonyl (C=O) groups excluding carboxylic acids is 2. The monoisotopic (exact) mass is 384 g/mol. The van der Waals surface area contributed by atoms with E-state index in [0.29, 0.717) is 5.56 Å². The highest BCUT2D eigenvalue weighted by molar-refractivity contribution is 6.01. The number of nitrogens with one attached hydrogen (secondary N) is 1. The van der Waals surface area contributed by atoms with Crippen LogP contribution in [0.5, 0.6) is 0 Å². The summed E-state index contributed by atoms with van der Waals surface area (Å²) in [6.45, 7) is 6.03. The van der Waals surface area contributed by atoms with Gasteiger partial charge in [0.05, 0.1) is 6.04 Å². The lowest BCUT2D eigenvalue weighted by molar-refractivity contribution is -0.117. The van der Waals surface area contributed by atoms with E-state index in [2.05, 4.69) is 11.4 Å². The molecule has 0 aliphatic carbocycles. The maximum absolute atomic E-state index is 13.6. The van der Waals surface area contributed by atoms with Crippen LogP contribution < -0.4 is 5.32 Å². The summed E-state index contributed by atoms with van der Waals surface area (Å²) in [5.41, 5.74) is 6.54. The van der Waals surface area contributed by atoms with E-state index in [1.165, 1.54) is 0 Å². The topological polar surface area (TPSA) is 49.4 Å². The van der Waals surface area contributed by atoms with E-state index in [-0.39, 0.29) is 24.4 Å². The predicted octanol–water partition coefficient (Wildman–Crippen LogP) is 4.80. The smallest absolute Gasteiger partial charge is 0.255 e. The van der Waals surface area contributed by atoms with Crippen molar-refractivity contribution in [2.24, 2.45) is 0 Å². The number of carbonyl (C=O) groups is 2. The summed E-state index contributed by atoms with van der Waals surface area (Å²) in [7, 11) is 0. The van der Waals surface area contributed by atoms with Crippen molar-refractivity contribution >= 4 is 17.5 Å². The van der Waals surface area contributed by atoms with Crippen LogP contribution >= 0.6 is 0 Å². The van der Waals surface area contributed by atoms with E-state index in [4.69, 9.17) is 0 Å². The zero-order chi connectivity index (χ0) is 20.5.